The largest absolute Gasteiger partial charge is 2.00 e. The molecule has 0 saturated heterocycles. The Labute approximate surface area is 193 Å². The summed E-state index contributed by atoms with van der Waals surface area (Å²) in [6.45, 7) is 2.26. The maximum atomic E-state index is 10.3. The second-order valence-electron chi connectivity index (χ2n) is 6.01. The summed E-state index contributed by atoms with van der Waals surface area (Å²) >= 11 is 0. The molecule has 0 spiro atoms. The SMILES string of the molecule is CCCCCCCC/C=C\CCCCCCCC(=O)O.O=C(O)O.[H-].[H-].[Sr+2]. The van der Waals surface area contributed by atoms with Crippen molar-refractivity contribution in [3.05, 3.63) is 12.2 Å². The van der Waals surface area contributed by atoms with Crippen LogP contribution in [-0.4, -0.2) is 72.9 Å². The van der Waals surface area contributed by atoms with Gasteiger partial charge in [0, 0.05) is 6.42 Å². The maximum absolute atomic E-state index is 10.3. The van der Waals surface area contributed by atoms with Gasteiger partial charge >= 0.3 is 57.6 Å². The van der Waals surface area contributed by atoms with Crippen LogP contribution in [0.5, 0.6) is 0 Å². The Morgan fingerprint density at radius 2 is 1.08 bits per heavy atom. The van der Waals surface area contributed by atoms with Gasteiger partial charge in [-0.15, -0.1) is 0 Å². The minimum absolute atomic E-state index is 0. The first kappa shape index (κ1) is 29.7. The molecule has 0 bridgehead atoms. The molecule has 0 amide bonds. The van der Waals surface area contributed by atoms with Crippen LogP contribution in [-0.2, 0) is 4.79 Å². The molecule has 0 radical (unpaired) electrons. The zero-order chi connectivity index (χ0) is 18.5. The average Bonchev–Trinajstić information content (AvgIpc) is 2.50. The molecule has 0 aromatic carbocycles. The summed E-state index contributed by atoms with van der Waals surface area (Å²) in [5.41, 5.74) is 0. The van der Waals surface area contributed by atoms with Gasteiger partial charge in [0.2, 0.25) is 0 Å². The van der Waals surface area contributed by atoms with E-state index in [4.69, 9.17) is 20.1 Å². The van der Waals surface area contributed by atoms with Gasteiger partial charge in [0.15, 0.2) is 0 Å². The number of aliphatic carboxylic acids is 1. The van der Waals surface area contributed by atoms with Gasteiger partial charge in [-0.25, -0.2) is 4.79 Å². The van der Waals surface area contributed by atoms with Crippen LogP contribution in [0.4, 0.5) is 4.79 Å². The van der Waals surface area contributed by atoms with Crippen molar-refractivity contribution in [1.29, 1.82) is 0 Å². The fourth-order valence-electron chi connectivity index (χ4n) is 2.35. The van der Waals surface area contributed by atoms with Crippen molar-refractivity contribution >= 4 is 57.6 Å². The molecule has 0 unspecified atom stereocenters. The fraction of sp³-hybridized carbons (Fsp3) is 0.789. The topological polar surface area (TPSA) is 94.8 Å². The molecule has 0 fully saturated rings. The molecule has 25 heavy (non-hydrogen) atoms. The first-order valence-electron chi connectivity index (χ1n) is 9.29. The van der Waals surface area contributed by atoms with Crippen molar-refractivity contribution in [2.75, 3.05) is 0 Å². The van der Waals surface area contributed by atoms with Gasteiger partial charge in [-0.1, -0.05) is 70.4 Å². The normalized spacial score (nSPS) is 9.96. The zero-order valence-corrected chi connectivity index (χ0v) is 19.4. The van der Waals surface area contributed by atoms with Crippen molar-refractivity contribution in [3.63, 3.8) is 0 Å². The molecule has 5 nitrogen and oxygen atoms in total. The van der Waals surface area contributed by atoms with E-state index in [1.54, 1.807) is 0 Å². The van der Waals surface area contributed by atoms with E-state index in [1.165, 1.54) is 70.6 Å². The smallest absolute Gasteiger partial charge is 1.00 e. The van der Waals surface area contributed by atoms with Crippen LogP contribution in [0.3, 0.4) is 0 Å². The Bertz CT molecular complexity index is 325. The molecule has 0 saturated carbocycles. The summed E-state index contributed by atoms with van der Waals surface area (Å²) in [5.74, 6) is -0.664. The van der Waals surface area contributed by atoms with E-state index < -0.39 is 12.1 Å². The van der Waals surface area contributed by atoms with Crippen LogP contribution in [0.1, 0.15) is 99.7 Å². The van der Waals surface area contributed by atoms with E-state index >= 15 is 0 Å². The van der Waals surface area contributed by atoms with Crippen LogP contribution < -0.4 is 0 Å². The van der Waals surface area contributed by atoms with Gasteiger partial charge in [-0.2, -0.15) is 0 Å². The fourth-order valence-corrected chi connectivity index (χ4v) is 2.35. The third kappa shape index (κ3) is 40.2. The molecule has 0 aliphatic carbocycles. The Kier molecular flexibility index (Phi) is 31.1. The molecule has 0 aromatic heterocycles. The maximum Gasteiger partial charge on any atom is 2.00 e. The van der Waals surface area contributed by atoms with Crippen LogP contribution in [0.15, 0.2) is 12.2 Å². The predicted octanol–water partition coefficient (Wildman–Crippen LogP) is 6.18. The number of rotatable bonds is 15. The van der Waals surface area contributed by atoms with Crippen molar-refractivity contribution < 1.29 is 27.8 Å². The number of carboxylic acids is 1. The number of unbranched alkanes of at least 4 members (excludes halogenated alkanes) is 11. The summed E-state index contributed by atoms with van der Waals surface area (Å²) in [7, 11) is 0. The standard InChI is InChI=1S/C18H34O2.CH2O3.Sr.2H/c1-2-3-4-5-6-7-8-9-10-11-12-13-14-15-16-17-18(19)20;2-1(3)4;;;/h9-10H,2-8,11-17H2,1H3,(H,19,20);(H2,2,3,4);;;/q;;+2;2*-1/b10-9-;;;;. The second-order valence-corrected chi connectivity index (χ2v) is 6.01. The molecule has 0 rings (SSSR count). The third-order valence-electron chi connectivity index (χ3n) is 3.65. The van der Waals surface area contributed by atoms with E-state index in [0.29, 0.717) is 6.42 Å². The van der Waals surface area contributed by atoms with Crippen LogP contribution >= 0.6 is 0 Å². The van der Waals surface area contributed by atoms with Gasteiger partial charge in [0.05, 0.1) is 0 Å². The zero-order valence-electron chi connectivity index (χ0n) is 17.9. The molecule has 3 N–H and O–H groups in total. The van der Waals surface area contributed by atoms with Crippen molar-refractivity contribution in [2.24, 2.45) is 0 Å². The van der Waals surface area contributed by atoms with Gasteiger partial charge < -0.3 is 18.2 Å². The Morgan fingerprint density at radius 3 is 1.48 bits per heavy atom. The molecule has 0 aliphatic heterocycles. The summed E-state index contributed by atoms with van der Waals surface area (Å²) in [6.07, 6.45) is 19.4. The number of allylic oxidation sites excluding steroid dienone is 2. The number of hydrogen-bond acceptors (Lipinski definition) is 2. The molecule has 0 heterocycles. The van der Waals surface area contributed by atoms with Gasteiger partial charge in [-0.3, -0.25) is 4.79 Å². The van der Waals surface area contributed by atoms with E-state index in [-0.39, 0.29) is 48.3 Å². The van der Waals surface area contributed by atoms with E-state index in [0.717, 1.165) is 12.8 Å². The van der Waals surface area contributed by atoms with Crippen molar-refractivity contribution in [2.45, 2.75) is 96.8 Å². The average molecular weight is 434 g/mol. The minimum Gasteiger partial charge on any atom is -1.00 e. The first-order valence-corrected chi connectivity index (χ1v) is 9.29. The number of carboxylic acid groups (broad SMARTS) is 3. The summed E-state index contributed by atoms with van der Waals surface area (Å²) < 4.78 is 0. The summed E-state index contributed by atoms with van der Waals surface area (Å²) in [4.78, 5) is 18.9. The minimum atomic E-state index is -1.83. The Morgan fingerprint density at radius 1 is 0.720 bits per heavy atom. The first-order chi connectivity index (χ1) is 11.5. The van der Waals surface area contributed by atoms with Gasteiger partial charge in [0.25, 0.3) is 0 Å². The van der Waals surface area contributed by atoms with E-state index in [1.807, 2.05) is 0 Å². The monoisotopic (exact) mass is 434 g/mol. The third-order valence-corrected chi connectivity index (χ3v) is 3.65. The number of hydrogen-bond donors (Lipinski definition) is 3. The molecule has 146 valence electrons. The molecule has 0 aliphatic rings. The van der Waals surface area contributed by atoms with Crippen molar-refractivity contribution in [3.8, 4) is 0 Å². The van der Waals surface area contributed by atoms with Crippen LogP contribution in [0, 0.1) is 0 Å². The second kappa shape index (κ2) is 26.2. The Balaban J connectivity index is -0.000000209. The molecular formula is C19H38O5Sr. The van der Waals surface area contributed by atoms with Crippen LogP contribution in [0.2, 0.25) is 0 Å². The Hall–Kier alpha value is -0.0395. The molecule has 6 heteroatoms. The predicted molar refractivity (Wildman–Crippen MR) is 106 cm³/mol. The molecule has 0 atom stereocenters. The summed E-state index contributed by atoms with van der Waals surface area (Å²) in [5, 5.41) is 22.5. The van der Waals surface area contributed by atoms with Crippen molar-refractivity contribution in [1.82, 2.24) is 0 Å². The van der Waals surface area contributed by atoms with Gasteiger partial charge in [-0.05, 0) is 32.1 Å². The van der Waals surface area contributed by atoms with E-state index in [9.17, 15) is 4.79 Å². The van der Waals surface area contributed by atoms with Gasteiger partial charge in [0.1, 0.15) is 0 Å². The molecular weight excluding hydrogens is 396 g/mol. The summed E-state index contributed by atoms with van der Waals surface area (Å²) in [6, 6.07) is 0. The number of carbonyl (C=O) groups is 2. The quantitative estimate of drug-likeness (QED) is 0.163. The molecule has 0 aromatic rings. The van der Waals surface area contributed by atoms with Crippen LogP contribution in [0.25, 0.3) is 0 Å². The van der Waals surface area contributed by atoms with E-state index in [2.05, 4.69) is 19.1 Å².